The first-order valence-corrected chi connectivity index (χ1v) is 14.9. The number of nitrogens with one attached hydrogen (secondary N) is 1. The van der Waals surface area contributed by atoms with Crippen molar-refractivity contribution in [3.05, 3.63) is 52.1 Å². The van der Waals surface area contributed by atoms with Crippen LogP contribution in [0, 0.1) is 5.41 Å². The van der Waals surface area contributed by atoms with Crippen molar-refractivity contribution in [3.63, 3.8) is 0 Å². The number of hydrogen-bond acceptors (Lipinski definition) is 7. The zero-order valence-electron chi connectivity index (χ0n) is 22.4. The van der Waals surface area contributed by atoms with Gasteiger partial charge in [-0.3, -0.25) is 0 Å². The summed E-state index contributed by atoms with van der Waals surface area (Å²) in [6.07, 6.45) is 5.86. The number of ether oxygens (including phenoxy) is 1. The third-order valence-electron chi connectivity index (χ3n) is 8.93. The first-order valence-electron chi connectivity index (χ1n) is 14.1. The molecule has 3 aromatic rings. The fourth-order valence-corrected chi connectivity index (χ4v) is 7.40. The van der Waals surface area contributed by atoms with E-state index in [0.29, 0.717) is 24.7 Å². The molecule has 2 bridgehead atoms. The molecule has 1 aromatic heterocycles. The Kier molecular flexibility index (Phi) is 6.25. The zero-order valence-corrected chi connectivity index (χ0v) is 24.0. The van der Waals surface area contributed by atoms with Gasteiger partial charge < -0.3 is 24.8 Å². The molecule has 0 spiro atoms. The monoisotopic (exact) mass is 576 g/mol. The van der Waals surface area contributed by atoms with Crippen molar-refractivity contribution in [3.8, 4) is 6.01 Å². The minimum absolute atomic E-state index is 0.248. The highest BCUT2D eigenvalue weighted by Crippen LogP contribution is 2.46. The molecule has 5 heterocycles. The number of halogens is 1. The van der Waals surface area contributed by atoms with Crippen LogP contribution in [0.3, 0.4) is 0 Å². The van der Waals surface area contributed by atoms with Gasteiger partial charge in [0, 0.05) is 64.8 Å². The van der Waals surface area contributed by atoms with Crippen LogP contribution in [0.2, 0.25) is 0 Å². The lowest BCUT2D eigenvalue weighted by Crippen LogP contribution is -2.61. The first kappa shape index (κ1) is 24.6. The number of fused-ring (bicyclic) bond motifs is 5. The van der Waals surface area contributed by atoms with Crippen molar-refractivity contribution >= 4 is 38.2 Å². The van der Waals surface area contributed by atoms with E-state index in [1.54, 1.807) is 0 Å². The predicted molar refractivity (Wildman–Crippen MR) is 156 cm³/mol. The first-order chi connectivity index (χ1) is 18.5. The van der Waals surface area contributed by atoms with Crippen LogP contribution in [-0.4, -0.2) is 73.8 Å². The molecule has 4 aliphatic heterocycles. The zero-order chi connectivity index (χ0) is 25.9. The van der Waals surface area contributed by atoms with Gasteiger partial charge in [0.05, 0.1) is 18.8 Å². The summed E-state index contributed by atoms with van der Waals surface area (Å²) in [6.45, 7) is 5.54. The Morgan fingerprint density at radius 3 is 2.68 bits per heavy atom. The largest absolute Gasteiger partial charge is 0.463 e. The van der Waals surface area contributed by atoms with E-state index >= 15 is 0 Å². The molecule has 8 heteroatoms. The highest BCUT2D eigenvalue weighted by atomic mass is 79.9. The second-order valence-corrected chi connectivity index (χ2v) is 12.9. The molecule has 4 fully saturated rings. The Balaban J connectivity index is 1.23. The number of benzene rings is 2. The maximum Gasteiger partial charge on any atom is 0.318 e. The lowest BCUT2D eigenvalue weighted by Gasteiger charge is -2.47. The summed E-state index contributed by atoms with van der Waals surface area (Å²) in [4.78, 5) is 17.5. The van der Waals surface area contributed by atoms with Gasteiger partial charge in [0.2, 0.25) is 0 Å². The van der Waals surface area contributed by atoms with Gasteiger partial charge in [0.15, 0.2) is 0 Å². The molecule has 1 saturated carbocycles. The van der Waals surface area contributed by atoms with Crippen LogP contribution in [0.4, 0.5) is 11.5 Å². The van der Waals surface area contributed by atoms with Crippen molar-refractivity contribution < 1.29 is 4.74 Å². The summed E-state index contributed by atoms with van der Waals surface area (Å²) in [5, 5.41) is 6.22. The van der Waals surface area contributed by atoms with E-state index in [1.807, 2.05) is 0 Å². The molecular formula is C30H37BrN6O. The molecule has 3 saturated heterocycles. The van der Waals surface area contributed by atoms with Crippen LogP contribution < -0.4 is 19.9 Å². The highest BCUT2D eigenvalue weighted by Gasteiger charge is 2.44. The van der Waals surface area contributed by atoms with Crippen molar-refractivity contribution in [2.75, 3.05) is 56.7 Å². The summed E-state index contributed by atoms with van der Waals surface area (Å²) in [5.74, 6) is 1.12. The van der Waals surface area contributed by atoms with Crippen molar-refractivity contribution in [2.45, 2.75) is 50.7 Å². The number of hydrogen-bond donors (Lipinski definition) is 1. The Morgan fingerprint density at radius 2 is 1.97 bits per heavy atom. The molecule has 0 unspecified atom stereocenters. The number of aromatic nitrogens is 2. The molecule has 200 valence electrons. The molecule has 5 aliphatic rings. The minimum atomic E-state index is 0.248. The molecule has 1 aliphatic carbocycles. The molecule has 38 heavy (non-hydrogen) atoms. The fraction of sp³-hybridized carbons (Fsp3) is 0.533. The predicted octanol–water partition coefficient (Wildman–Crippen LogP) is 4.62. The van der Waals surface area contributed by atoms with Crippen LogP contribution >= 0.6 is 15.9 Å². The lowest BCUT2D eigenvalue weighted by atomic mass is 9.92. The van der Waals surface area contributed by atoms with Crippen LogP contribution in [0.25, 0.3) is 10.8 Å². The molecule has 2 atom stereocenters. The quantitative estimate of drug-likeness (QED) is 0.440. The molecule has 0 amide bonds. The van der Waals surface area contributed by atoms with Gasteiger partial charge in [-0.25, -0.2) is 0 Å². The van der Waals surface area contributed by atoms with E-state index in [2.05, 4.69) is 86.4 Å². The van der Waals surface area contributed by atoms with Crippen LogP contribution in [0.1, 0.15) is 36.9 Å². The van der Waals surface area contributed by atoms with Gasteiger partial charge >= 0.3 is 6.01 Å². The van der Waals surface area contributed by atoms with Crippen LogP contribution in [-0.2, 0) is 13.0 Å². The number of nitrogens with zero attached hydrogens (tertiary/aromatic N) is 5. The molecule has 2 aromatic carbocycles. The smallest absolute Gasteiger partial charge is 0.318 e. The molecule has 7 nitrogen and oxygen atoms in total. The van der Waals surface area contributed by atoms with Crippen LogP contribution in [0.15, 0.2) is 40.9 Å². The van der Waals surface area contributed by atoms with Gasteiger partial charge in [-0.2, -0.15) is 9.97 Å². The Hall–Kier alpha value is -2.42. The molecule has 8 rings (SSSR count). The summed E-state index contributed by atoms with van der Waals surface area (Å²) in [6, 6.07) is 14.6. The topological polar surface area (TPSA) is 56.8 Å². The van der Waals surface area contributed by atoms with Gasteiger partial charge in [-0.1, -0.05) is 40.2 Å². The highest BCUT2D eigenvalue weighted by molar-refractivity contribution is 9.10. The van der Waals surface area contributed by atoms with Crippen molar-refractivity contribution in [2.24, 2.45) is 5.41 Å². The summed E-state index contributed by atoms with van der Waals surface area (Å²) < 4.78 is 7.56. The Morgan fingerprint density at radius 1 is 1.13 bits per heavy atom. The van der Waals surface area contributed by atoms with E-state index < -0.39 is 0 Å². The lowest BCUT2D eigenvalue weighted by molar-refractivity contribution is 0.182. The number of rotatable bonds is 7. The second-order valence-electron chi connectivity index (χ2n) is 12.1. The van der Waals surface area contributed by atoms with Crippen LogP contribution in [0.5, 0.6) is 6.01 Å². The van der Waals surface area contributed by atoms with Gasteiger partial charge in [-0.05, 0) is 63.7 Å². The summed E-state index contributed by atoms with van der Waals surface area (Å²) in [5.41, 5.74) is 3.94. The van der Waals surface area contributed by atoms with E-state index in [4.69, 9.17) is 14.7 Å². The van der Waals surface area contributed by atoms with E-state index in [0.717, 1.165) is 55.1 Å². The number of piperidine rings is 2. The average molecular weight is 578 g/mol. The van der Waals surface area contributed by atoms with Gasteiger partial charge in [-0.15, -0.1) is 0 Å². The normalized spacial score (nSPS) is 23.7. The summed E-state index contributed by atoms with van der Waals surface area (Å²) >= 11 is 3.81. The Bertz CT molecular complexity index is 1340. The third-order valence-corrected chi connectivity index (χ3v) is 9.59. The Labute approximate surface area is 233 Å². The second kappa shape index (κ2) is 9.65. The van der Waals surface area contributed by atoms with Crippen molar-refractivity contribution in [1.82, 2.24) is 20.2 Å². The maximum absolute atomic E-state index is 6.42. The number of piperazine rings is 1. The average Bonchev–Trinajstić information content (AvgIpc) is 3.70. The third kappa shape index (κ3) is 4.54. The summed E-state index contributed by atoms with van der Waals surface area (Å²) in [7, 11) is 4.29. The maximum atomic E-state index is 6.42. The SMILES string of the molecule is CN(C)CC1(COc2nc3c(c(N4C[C@@H]5CC[C@H]4CN5)n2)CCN(c2cccc4cccc(Br)c24)C3)CC1. The van der Waals surface area contributed by atoms with E-state index in [9.17, 15) is 0 Å². The van der Waals surface area contributed by atoms with Crippen molar-refractivity contribution in [1.29, 1.82) is 0 Å². The van der Waals surface area contributed by atoms with E-state index in [1.165, 1.54) is 47.7 Å². The van der Waals surface area contributed by atoms with Gasteiger partial charge in [0.25, 0.3) is 0 Å². The minimum Gasteiger partial charge on any atom is -0.463 e. The molecule has 1 N–H and O–H groups in total. The standard InChI is InChI=1S/C30H37BrN6O/c1-35(2)18-30(12-13-30)19-38-29-33-25-17-36(26-8-4-6-20-5-3-7-24(31)27(20)26)14-11-23(25)28(34-29)37-16-21-9-10-22(37)15-32-21/h3-8,21-22,32H,9-19H2,1-2H3/t21-,22-/m0/s1. The number of anilines is 2. The fourth-order valence-electron chi connectivity index (χ4n) is 6.82. The van der Waals surface area contributed by atoms with Gasteiger partial charge in [0.1, 0.15) is 5.82 Å². The molecule has 0 radical (unpaired) electrons. The van der Waals surface area contributed by atoms with E-state index in [-0.39, 0.29) is 5.41 Å². The molecular weight excluding hydrogens is 540 g/mol.